The molecule has 0 radical (unpaired) electrons. The van der Waals surface area contributed by atoms with Crippen molar-refractivity contribution in [3.8, 4) is 0 Å². The van der Waals surface area contributed by atoms with Gasteiger partial charge in [0.2, 0.25) is 10.0 Å². The van der Waals surface area contributed by atoms with Crippen molar-refractivity contribution in [2.45, 2.75) is 30.9 Å². The molecule has 0 saturated heterocycles. The summed E-state index contributed by atoms with van der Waals surface area (Å²) in [4.78, 5) is 0.133. The molecule has 2 rings (SSSR count). The van der Waals surface area contributed by atoms with Gasteiger partial charge in [0.25, 0.3) is 0 Å². The smallest absolute Gasteiger partial charge is 0.240 e. The monoisotopic (exact) mass is 295 g/mol. The van der Waals surface area contributed by atoms with Gasteiger partial charge in [-0.25, -0.2) is 13.1 Å². The van der Waals surface area contributed by atoms with Crippen LogP contribution in [0.1, 0.15) is 30.8 Å². The predicted molar refractivity (Wildman–Crippen MR) is 74.4 cm³/mol. The third-order valence-electron chi connectivity index (χ3n) is 2.96. The van der Waals surface area contributed by atoms with Crippen LogP contribution < -0.4 is 4.72 Å². The summed E-state index contributed by atoms with van der Waals surface area (Å²) >= 11 is 0. The second-order valence-electron chi connectivity index (χ2n) is 4.40. The minimum absolute atomic E-state index is 0.0931. The molecule has 1 atom stereocenters. The van der Waals surface area contributed by atoms with Gasteiger partial charge >= 0.3 is 0 Å². The first-order chi connectivity index (χ1) is 9.53. The number of nitrogens with one attached hydrogen (secondary N) is 1. The molecular formula is C14H17NO4S. The lowest BCUT2D eigenvalue weighted by atomic mass is 10.1. The molecule has 0 aliphatic carbocycles. The zero-order valence-electron chi connectivity index (χ0n) is 11.1. The second-order valence-corrected chi connectivity index (χ2v) is 6.17. The Kier molecular flexibility index (Phi) is 4.59. The zero-order chi connectivity index (χ0) is 14.6. The molecule has 0 bridgehead atoms. The van der Waals surface area contributed by atoms with Gasteiger partial charge in [0.15, 0.2) is 0 Å². The summed E-state index contributed by atoms with van der Waals surface area (Å²) in [6.45, 7) is 1.93. The molecule has 1 heterocycles. The Morgan fingerprint density at radius 2 is 2.10 bits per heavy atom. The Bertz CT molecular complexity index is 650. The molecule has 6 heteroatoms. The lowest BCUT2D eigenvalue weighted by molar-refractivity contribution is 0.173. The number of aliphatic hydroxyl groups is 1. The fourth-order valence-corrected chi connectivity index (χ4v) is 2.84. The highest BCUT2D eigenvalue weighted by molar-refractivity contribution is 7.89. The lowest BCUT2D eigenvalue weighted by Crippen LogP contribution is -2.23. The second kappa shape index (κ2) is 6.21. The molecule has 0 spiro atoms. The van der Waals surface area contributed by atoms with E-state index in [1.807, 2.05) is 6.92 Å². The van der Waals surface area contributed by atoms with Crippen molar-refractivity contribution in [2.75, 3.05) is 0 Å². The molecule has 5 nitrogen and oxygen atoms in total. The minimum Gasteiger partial charge on any atom is -0.468 e. The van der Waals surface area contributed by atoms with E-state index in [0.29, 0.717) is 17.7 Å². The molecule has 0 aliphatic heterocycles. The van der Waals surface area contributed by atoms with Gasteiger partial charge in [-0.1, -0.05) is 19.1 Å². The summed E-state index contributed by atoms with van der Waals surface area (Å²) in [5.74, 6) is 0.540. The first kappa shape index (κ1) is 14.8. The summed E-state index contributed by atoms with van der Waals surface area (Å²) in [5.41, 5.74) is 0.591. The first-order valence-corrected chi connectivity index (χ1v) is 7.81. The van der Waals surface area contributed by atoms with Crippen LogP contribution in [0, 0.1) is 0 Å². The van der Waals surface area contributed by atoms with E-state index in [2.05, 4.69) is 4.72 Å². The Labute approximate surface area is 118 Å². The van der Waals surface area contributed by atoms with E-state index in [1.54, 1.807) is 24.3 Å². The maximum absolute atomic E-state index is 12.2. The van der Waals surface area contributed by atoms with Crippen LogP contribution in [-0.2, 0) is 16.6 Å². The zero-order valence-corrected chi connectivity index (χ0v) is 11.9. The van der Waals surface area contributed by atoms with E-state index in [9.17, 15) is 13.5 Å². The van der Waals surface area contributed by atoms with E-state index in [1.165, 1.54) is 18.4 Å². The number of hydrogen-bond donors (Lipinski definition) is 2. The number of hydrogen-bond acceptors (Lipinski definition) is 4. The Balaban J connectivity index is 2.16. The van der Waals surface area contributed by atoms with Gasteiger partial charge in [0.05, 0.1) is 23.8 Å². The summed E-state index contributed by atoms with van der Waals surface area (Å²) in [6.07, 6.45) is 1.36. The van der Waals surface area contributed by atoms with Crippen molar-refractivity contribution in [3.05, 3.63) is 54.0 Å². The summed E-state index contributed by atoms with van der Waals surface area (Å²) in [6, 6.07) is 9.70. The maximum atomic E-state index is 12.2. The van der Waals surface area contributed by atoms with Crippen LogP contribution >= 0.6 is 0 Å². The van der Waals surface area contributed by atoms with Crippen molar-refractivity contribution in [3.63, 3.8) is 0 Å². The van der Waals surface area contributed by atoms with Crippen molar-refractivity contribution in [1.29, 1.82) is 0 Å². The average molecular weight is 295 g/mol. The number of furan rings is 1. The van der Waals surface area contributed by atoms with Gasteiger partial charge in [0.1, 0.15) is 5.76 Å². The molecular weight excluding hydrogens is 278 g/mol. The Hall–Kier alpha value is -1.63. The number of sulfonamides is 1. The quantitative estimate of drug-likeness (QED) is 0.856. The fourth-order valence-electron chi connectivity index (χ4n) is 1.79. The van der Waals surface area contributed by atoms with Crippen LogP contribution in [0.15, 0.2) is 52.0 Å². The van der Waals surface area contributed by atoms with Crippen LogP contribution in [0.25, 0.3) is 0 Å². The molecule has 20 heavy (non-hydrogen) atoms. The molecule has 108 valence electrons. The van der Waals surface area contributed by atoms with Crippen LogP contribution in [0.4, 0.5) is 0 Å². The van der Waals surface area contributed by atoms with Gasteiger partial charge in [0, 0.05) is 0 Å². The summed E-state index contributed by atoms with van der Waals surface area (Å²) in [7, 11) is -3.62. The molecule has 2 N–H and O–H groups in total. The maximum Gasteiger partial charge on any atom is 0.240 e. The van der Waals surface area contributed by atoms with E-state index < -0.39 is 16.1 Å². The van der Waals surface area contributed by atoms with Gasteiger partial charge in [-0.2, -0.15) is 0 Å². The van der Waals surface area contributed by atoms with Gasteiger partial charge in [-0.15, -0.1) is 0 Å². The van der Waals surface area contributed by atoms with Gasteiger partial charge in [-0.3, -0.25) is 0 Å². The molecule has 0 saturated carbocycles. The van der Waals surface area contributed by atoms with Gasteiger partial charge in [-0.05, 0) is 36.2 Å². The molecule has 1 aromatic carbocycles. The molecule has 2 aromatic rings. The van der Waals surface area contributed by atoms with Crippen LogP contribution in [0.2, 0.25) is 0 Å². The molecule has 0 aliphatic rings. The Morgan fingerprint density at radius 3 is 2.75 bits per heavy atom. The highest BCUT2D eigenvalue weighted by Crippen LogP contribution is 2.20. The van der Waals surface area contributed by atoms with E-state index in [-0.39, 0.29) is 11.4 Å². The minimum atomic E-state index is -3.62. The summed E-state index contributed by atoms with van der Waals surface area (Å²) < 4.78 is 31.8. The number of benzene rings is 1. The third kappa shape index (κ3) is 3.47. The first-order valence-electron chi connectivity index (χ1n) is 6.33. The standard InChI is InChI=1S/C14H17NO4S/c1-2-14(16)11-5-3-7-13(9-11)20(17,18)15-10-12-6-4-8-19-12/h3-9,14-16H,2,10H2,1H3. The van der Waals surface area contributed by atoms with E-state index in [4.69, 9.17) is 4.42 Å². The van der Waals surface area contributed by atoms with Crippen LogP contribution in [-0.4, -0.2) is 13.5 Å². The topological polar surface area (TPSA) is 79.5 Å². The largest absolute Gasteiger partial charge is 0.468 e. The van der Waals surface area contributed by atoms with Crippen molar-refractivity contribution >= 4 is 10.0 Å². The van der Waals surface area contributed by atoms with Crippen molar-refractivity contribution in [2.24, 2.45) is 0 Å². The number of aliphatic hydroxyl groups excluding tert-OH is 1. The molecule has 0 fully saturated rings. The predicted octanol–water partition coefficient (Wildman–Crippen LogP) is 2.20. The van der Waals surface area contributed by atoms with Crippen molar-refractivity contribution < 1.29 is 17.9 Å². The van der Waals surface area contributed by atoms with Crippen LogP contribution in [0.3, 0.4) is 0 Å². The van der Waals surface area contributed by atoms with Crippen LogP contribution in [0.5, 0.6) is 0 Å². The van der Waals surface area contributed by atoms with Gasteiger partial charge < -0.3 is 9.52 Å². The molecule has 0 amide bonds. The number of rotatable bonds is 6. The van der Waals surface area contributed by atoms with E-state index >= 15 is 0 Å². The highest BCUT2D eigenvalue weighted by atomic mass is 32.2. The lowest BCUT2D eigenvalue weighted by Gasteiger charge is -2.10. The highest BCUT2D eigenvalue weighted by Gasteiger charge is 2.16. The fraction of sp³-hybridized carbons (Fsp3) is 0.286. The Morgan fingerprint density at radius 1 is 1.30 bits per heavy atom. The normalized spacial score (nSPS) is 13.3. The third-order valence-corrected chi connectivity index (χ3v) is 4.36. The van der Waals surface area contributed by atoms with E-state index in [0.717, 1.165) is 0 Å². The molecule has 1 aromatic heterocycles. The summed E-state index contributed by atoms with van der Waals surface area (Å²) in [5, 5.41) is 9.77. The average Bonchev–Trinajstić information content (AvgIpc) is 2.98. The SMILES string of the molecule is CCC(O)c1cccc(S(=O)(=O)NCc2ccco2)c1. The van der Waals surface area contributed by atoms with Crippen molar-refractivity contribution in [1.82, 2.24) is 4.72 Å². The molecule has 1 unspecified atom stereocenters.